The number of fused-ring (bicyclic) bond motifs is 1. The number of ether oxygens (including phenoxy) is 3. The van der Waals surface area contributed by atoms with Gasteiger partial charge < -0.3 is 24.8 Å². The summed E-state index contributed by atoms with van der Waals surface area (Å²) < 4.78 is 18.5. The predicted octanol–water partition coefficient (Wildman–Crippen LogP) is 6.49. The number of thioether (sulfide) groups is 1. The number of carbonyl (C=O) groups is 1. The molecule has 9 nitrogen and oxygen atoms in total. The summed E-state index contributed by atoms with van der Waals surface area (Å²) in [5.74, 6) is 2.21. The Morgan fingerprint density at radius 1 is 1.02 bits per heavy atom. The van der Waals surface area contributed by atoms with Gasteiger partial charge in [0.15, 0.2) is 11.5 Å². The van der Waals surface area contributed by atoms with Gasteiger partial charge in [-0.15, -0.1) is 5.10 Å². The van der Waals surface area contributed by atoms with Crippen LogP contribution in [0.5, 0.6) is 17.2 Å². The summed E-state index contributed by atoms with van der Waals surface area (Å²) in [4.78, 5) is 18.7. The average Bonchev–Trinajstić information content (AvgIpc) is 3.38. The number of carbonyl (C=O) groups excluding carboxylic acids is 1. The van der Waals surface area contributed by atoms with Gasteiger partial charge in [0.1, 0.15) is 6.04 Å². The van der Waals surface area contributed by atoms with E-state index in [9.17, 15) is 4.79 Å². The lowest BCUT2D eigenvalue weighted by atomic mass is 9.94. The molecule has 1 unspecified atom stereocenters. The molecule has 0 bridgehead atoms. The molecule has 0 aliphatic carbocycles. The zero-order chi connectivity index (χ0) is 29.1. The Balaban J connectivity index is 1.59. The number of nitrogens with one attached hydrogen (secondary N) is 2. The van der Waals surface area contributed by atoms with E-state index in [2.05, 4.69) is 10.6 Å². The molecule has 1 aromatic heterocycles. The van der Waals surface area contributed by atoms with Crippen molar-refractivity contribution in [3.05, 3.63) is 93.6 Å². The van der Waals surface area contributed by atoms with E-state index in [-0.39, 0.29) is 5.91 Å². The number of aryl methyl sites for hydroxylation is 1. The van der Waals surface area contributed by atoms with Gasteiger partial charge in [0, 0.05) is 22.2 Å². The zero-order valence-electron chi connectivity index (χ0n) is 23.3. The number of aromatic nitrogens is 3. The van der Waals surface area contributed by atoms with Gasteiger partial charge in [-0.2, -0.15) is 4.98 Å². The molecule has 41 heavy (non-hydrogen) atoms. The van der Waals surface area contributed by atoms with Crippen LogP contribution >= 0.6 is 23.4 Å². The first-order chi connectivity index (χ1) is 19.8. The zero-order valence-corrected chi connectivity index (χ0v) is 24.9. The van der Waals surface area contributed by atoms with Crippen molar-refractivity contribution in [1.29, 1.82) is 0 Å². The molecule has 212 valence electrons. The smallest absolute Gasteiger partial charge is 0.255 e. The van der Waals surface area contributed by atoms with Crippen molar-refractivity contribution in [3.63, 3.8) is 0 Å². The largest absolute Gasteiger partial charge is 0.493 e. The third-order valence-corrected chi connectivity index (χ3v) is 8.04. The fourth-order valence-corrected chi connectivity index (χ4v) is 5.83. The van der Waals surface area contributed by atoms with Crippen molar-refractivity contribution in [2.45, 2.75) is 30.8 Å². The van der Waals surface area contributed by atoms with Gasteiger partial charge in [-0.25, -0.2) is 4.68 Å². The molecule has 4 aromatic rings. The average molecular weight is 592 g/mol. The third kappa shape index (κ3) is 5.71. The third-order valence-electron chi connectivity index (χ3n) is 6.79. The highest BCUT2D eigenvalue weighted by Crippen LogP contribution is 2.44. The molecular formula is C30H30ClN5O4S. The molecule has 0 fully saturated rings. The Kier molecular flexibility index (Phi) is 8.41. The number of rotatable bonds is 9. The number of anilines is 2. The first-order valence-corrected chi connectivity index (χ1v) is 14.2. The maximum absolute atomic E-state index is 13.9. The van der Waals surface area contributed by atoms with E-state index >= 15 is 0 Å². The molecule has 2 heterocycles. The van der Waals surface area contributed by atoms with Gasteiger partial charge in [0.05, 0.1) is 26.9 Å². The summed E-state index contributed by atoms with van der Waals surface area (Å²) in [7, 11) is 4.66. The molecule has 11 heteroatoms. The van der Waals surface area contributed by atoms with E-state index in [0.717, 1.165) is 16.8 Å². The SMILES string of the molecule is COc1cc(C2C(C(=O)Nc3ccccc3C)=C(C)Nc3nc(SCc4ccccc4Cl)nn32)cc(OC)c1OC. The minimum atomic E-state index is -0.647. The molecule has 0 saturated heterocycles. The molecule has 1 aliphatic heterocycles. The fourth-order valence-electron chi connectivity index (χ4n) is 4.71. The number of amides is 1. The summed E-state index contributed by atoms with van der Waals surface area (Å²) in [6.07, 6.45) is 0. The summed E-state index contributed by atoms with van der Waals surface area (Å²) in [5.41, 5.74) is 4.49. The number of benzene rings is 3. The molecule has 1 atom stereocenters. The van der Waals surface area contributed by atoms with Crippen LogP contribution in [0.1, 0.15) is 29.7 Å². The van der Waals surface area contributed by atoms with E-state index < -0.39 is 6.04 Å². The summed E-state index contributed by atoms with van der Waals surface area (Å²) in [6, 6.07) is 18.3. The second-order valence-corrected chi connectivity index (χ2v) is 10.7. The number of hydrogen-bond donors (Lipinski definition) is 2. The standard InChI is InChI=1S/C30H30ClN5O4S/c1-17-10-6-9-13-22(17)33-28(37)25-18(2)32-29-34-30(41-16-19-11-7-8-12-21(19)31)35-36(29)26(25)20-14-23(38-3)27(40-5)24(15-20)39-4/h6-15,26H,16H2,1-5H3,(H,33,37)(H,32,34,35). The number of allylic oxidation sites excluding steroid dienone is 1. The van der Waals surface area contributed by atoms with Crippen LogP contribution in [-0.2, 0) is 10.5 Å². The Hall–Kier alpha value is -4.15. The number of hydrogen-bond acceptors (Lipinski definition) is 8. The second kappa shape index (κ2) is 12.2. The van der Waals surface area contributed by atoms with Crippen LogP contribution in [0.3, 0.4) is 0 Å². The number of methoxy groups -OCH3 is 3. The molecule has 1 amide bonds. The summed E-state index contributed by atoms with van der Waals surface area (Å²) >= 11 is 7.83. The topological polar surface area (TPSA) is 99.5 Å². The van der Waals surface area contributed by atoms with Crippen molar-refractivity contribution in [3.8, 4) is 17.2 Å². The molecule has 3 aromatic carbocycles. The van der Waals surface area contributed by atoms with Crippen molar-refractivity contribution in [2.75, 3.05) is 32.0 Å². The molecule has 1 aliphatic rings. The molecular weight excluding hydrogens is 562 g/mol. The van der Waals surface area contributed by atoms with Crippen LogP contribution < -0.4 is 24.8 Å². The lowest BCUT2D eigenvalue weighted by molar-refractivity contribution is -0.113. The molecule has 0 radical (unpaired) electrons. The van der Waals surface area contributed by atoms with Crippen LogP contribution in [0, 0.1) is 6.92 Å². The van der Waals surface area contributed by atoms with Crippen molar-refractivity contribution < 1.29 is 19.0 Å². The summed E-state index contributed by atoms with van der Waals surface area (Å²) in [6.45, 7) is 3.80. The first kappa shape index (κ1) is 28.4. The minimum absolute atomic E-state index is 0.269. The van der Waals surface area contributed by atoms with E-state index in [1.54, 1.807) is 26.0 Å². The molecule has 5 rings (SSSR count). The van der Waals surface area contributed by atoms with Crippen LogP contribution in [0.4, 0.5) is 11.6 Å². The van der Waals surface area contributed by atoms with Crippen molar-refractivity contribution in [2.24, 2.45) is 0 Å². The van der Waals surface area contributed by atoms with Gasteiger partial charge >= 0.3 is 0 Å². The number of halogens is 1. The summed E-state index contributed by atoms with van der Waals surface area (Å²) in [5, 5.41) is 12.4. The van der Waals surface area contributed by atoms with Crippen LogP contribution in [-0.4, -0.2) is 42.0 Å². The first-order valence-electron chi connectivity index (χ1n) is 12.8. The van der Waals surface area contributed by atoms with E-state index in [4.69, 9.17) is 35.9 Å². The Labute approximate surface area is 247 Å². The Bertz CT molecular complexity index is 1610. The van der Waals surface area contributed by atoms with Gasteiger partial charge in [0.2, 0.25) is 16.9 Å². The van der Waals surface area contributed by atoms with E-state index in [1.165, 1.54) is 11.8 Å². The molecule has 0 spiro atoms. The van der Waals surface area contributed by atoms with E-state index in [0.29, 0.717) is 56.0 Å². The Morgan fingerprint density at radius 3 is 2.37 bits per heavy atom. The number of para-hydroxylation sites is 1. The van der Waals surface area contributed by atoms with Crippen LogP contribution in [0.15, 0.2) is 77.1 Å². The highest BCUT2D eigenvalue weighted by atomic mass is 35.5. The van der Waals surface area contributed by atoms with Gasteiger partial charge in [0.25, 0.3) is 5.91 Å². The monoisotopic (exact) mass is 591 g/mol. The van der Waals surface area contributed by atoms with Gasteiger partial charge in [-0.1, -0.05) is 59.8 Å². The molecule has 0 saturated carbocycles. The fraction of sp³-hybridized carbons (Fsp3) is 0.233. The second-order valence-electron chi connectivity index (χ2n) is 9.34. The minimum Gasteiger partial charge on any atom is -0.493 e. The quantitative estimate of drug-likeness (QED) is 0.213. The number of nitrogens with zero attached hydrogens (tertiary/aromatic N) is 3. The maximum Gasteiger partial charge on any atom is 0.255 e. The van der Waals surface area contributed by atoms with Crippen molar-refractivity contribution >= 4 is 40.9 Å². The van der Waals surface area contributed by atoms with Gasteiger partial charge in [-0.3, -0.25) is 4.79 Å². The van der Waals surface area contributed by atoms with Crippen LogP contribution in [0.25, 0.3) is 0 Å². The van der Waals surface area contributed by atoms with Crippen LogP contribution in [0.2, 0.25) is 5.02 Å². The highest BCUT2D eigenvalue weighted by Gasteiger charge is 2.36. The van der Waals surface area contributed by atoms with Gasteiger partial charge in [-0.05, 0) is 54.8 Å². The van der Waals surface area contributed by atoms with E-state index in [1.807, 2.05) is 74.5 Å². The normalized spacial score (nSPS) is 14.2. The van der Waals surface area contributed by atoms with Crippen molar-refractivity contribution in [1.82, 2.24) is 14.8 Å². The lowest BCUT2D eigenvalue weighted by Crippen LogP contribution is -2.31. The maximum atomic E-state index is 13.9. The lowest BCUT2D eigenvalue weighted by Gasteiger charge is -2.29. The Morgan fingerprint density at radius 2 is 1.71 bits per heavy atom. The predicted molar refractivity (Wildman–Crippen MR) is 161 cm³/mol. The molecule has 2 N–H and O–H groups in total. The highest BCUT2D eigenvalue weighted by molar-refractivity contribution is 7.98.